The zero-order chi connectivity index (χ0) is 20.5. The minimum atomic E-state index is -3.79. The third-order valence-electron chi connectivity index (χ3n) is 4.53. The minimum absolute atomic E-state index is 0.160. The second-order valence-electron chi connectivity index (χ2n) is 6.94. The lowest BCUT2D eigenvalue weighted by molar-refractivity contribution is 0.406. The fourth-order valence-electron chi connectivity index (χ4n) is 3.40. The molecule has 6 nitrogen and oxygen atoms in total. The summed E-state index contributed by atoms with van der Waals surface area (Å²) in [6.45, 7) is 5.98. The van der Waals surface area contributed by atoms with Gasteiger partial charge in [0.05, 0.1) is 12.8 Å². The van der Waals surface area contributed by atoms with Gasteiger partial charge >= 0.3 is 0 Å². The molecule has 1 aliphatic heterocycles. The van der Waals surface area contributed by atoms with Gasteiger partial charge in [0, 0.05) is 39.8 Å². The first-order chi connectivity index (χ1) is 13.2. The quantitative estimate of drug-likeness (QED) is 0.603. The van der Waals surface area contributed by atoms with Gasteiger partial charge < -0.3 is 15.0 Å². The normalized spacial score (nSPS) is 20.1. The first-order valence-electron chi connectivity index (χ1n) is 8.86. The Labute approximate surface area is 183 Å². The molecule has 152 valence electrons. The summed E-state index contributed by atoms with van der Waals surface area (Å²) in [6.07, 6.45) is 0. The summed E-state index contributed by atoms with van der Waals surface area (Å²) in [4.78, 5) is 2.41. The fourth-order valence-corrected chi connectivity index (χ4v) is 6.21. The molecule has 1 aliphatic rings. The highest BCUT2D eigenvalue weighted by molar-refractivity contribution is 9.11. The predicted octanol–water partition coefficient (Wildman–Crippen LogP) is 4.21. The first-order valence-corrected chi connectivity index (χ1v) is 11.9. The summed E-state index contributed by atoms with van der Waals surface area (Å²) in [7, 11) is -2.27. The van der Waals surface area contributed by atoms with Crippen LogP contribution < -0.4 is 19.7 Å². The van der Waals surface area contributed by atoms with Crippen molar-refractivity contribution in [3.05, 3.63) is 45.3 Å². The Morgan fingerprint density at radius 2 is 1.79 bits per heavy atom. The third kappa shape index (κ3) is 4.82. The molecule has 0 amide bonds. The summed E-state index contributed by atoms with van der Waals surface area (Å²) in [6, 6.07) is 11.2. The maximum atomic E-state index is 13.0. The van der Waals surface area contributed by atoms with Gasteiger partial charge in [-0.1, -0.05) is 15.9 Å². The van der Waals surface area contributed by atoms with Gasteiger partial charge in [0.25, 0.3) is 10.0 Å². The lowest BCUT2D eigenvalue weighted by Gasteiger charge is -2.38. The van der Waals surface area contributed by atoms with Crippen molar-refractivity contribution >= 4 is 53.3 Å². The van der Waals surface area contributed by atoms with E-state index in [1.54, 1.807) is 24.3 Å². The Morgan fingerprint density at radius 3 is 2.39 bits per heavy atom. The first kappa shape index (κ1) is 21.4. The van der Waals surface area contributed by atoms with Gasteiger partial charge in [0.1, 0.15) is 10.6 Å². The number of hydrogen-bond donors (Lipinski definition) is 2. The molecular weight excluding hydrogens is 510 g/mol. The van der Waals surface area contributed by atoms with Crippen molar-refractivity contribution in [2.75, 3.05) is 29.8 Å². The van der Waals surface area contributed by atoms with Crippen LogP contribution in [-0.4, -0.2) is 40.7 Å². The molecule has 1 heterocycles. The van der Waals surface area contributed by atoms with Crippen LogP contribution in [0.3, 0.4) is 0 Å². The van der Waals surface area contributed by atoms with E-state index in [0.29, 0.717) is 28.0 Å². The summed E-state index contributed by atoms with van der Waals surface area (Å²) in [5.74, 6) is 0.469. The summed E-state index contributed by atoms with van der Waals surface area (Å²) in [5, 5.41) is 3.50. The molecule has 1 fully saturated rings. The van der Waals surface area contributed by atoms with Crippen molar-refractivity contribution in [1.29, 1.82) is 0 Å². The lowest BCUT2D eigenvalue weighted by Crippen LogP contribution is -2.54. The van der Waals surface area contributed by atoms with Gasteiger partial charge in [-0.25, -0.2) is 8.42 Å². The molecule has 3 rings (SSSR count). The average Bonchev–Trinajstić information content (AvgIpc) is 2.60. The molecule has 2 aromatic carbocycles. The topological polar surface area (TPSA) is 70.7 Å². The molecule has 0 radical (unpaired) electrons. The highest BCUT2D eigenvalue weighted by Gasteiger charge is 2.24. The zero-order valence-electron chi connectivity index (χ0n) is 15.9. The number of rotatable bonds is 5. The van der Waals surface area contributed by atoms with Crippen molar-refractivity contribution in [2.45, 2.75) is 30.8 Å². The number of sulfonamides is 1. The zero-order valence-corrected chi connectivity index (χ0v) is 19.9. The van der Waals surface area contributed by atoms with Crippen molar-refractivity contribution in [2.24, 2.45) is 0 Å². The molecule has 1 saturated heterocycles. The van der Waals surface area contributed by atoms with Crippen molar-refractivity contribution in [3.8, 4) is 5.75 Å². The van der Waals surface area contributed by atoms with Gasteiger partial charge in [0.15, 0.2) is 0 Å². The van der Waals surface area contributed by atoms with E-state index in [2.05, 4.69) is 60.6 Å². The summed E-state index contributed by atoms with van der Waals surface area (Å²) < 4.78 is 35.2. The Morgan fingerprint density at radius 1 is 1.11 bits per heavy atom. The van der Waals surface area contributed by atoms with Gasteiger partial charge in [-0.3, -0.25) is 4.72 Å². The van der Waals surface area contributed by atoms with Crippen molar-refractivity contribution in [3.63, 3.8) is 0 Å². The fraction of sp³-hybridized carbons (Fsp3) is 0.368. The summed E-state index contributed by atoms with van der Waals surface area (Å²) in [5.41, 5.74) is 1.36. The van der Waals surface area contributed by atoms with E-state index in [1.807, 2.05) is 12.1 Å². The van der Waals surface area contributed by atoms with Crippen molar-refractivity contribution < 1.29 is 13.2 Å². The van der Waals surface area contributed by atoms with E-state index in [0.717, 1.165) is 23.2 Å². The van der Waals surface area contributed by atoms with Crippen LogP contribution in [0.5, 0.6) is 5.75 Å². The molecule has 2 unspecified atom stereocenters. The molecule has 0 spiro atoms. The van der Waals surface area contributed by atoms with Crippen LogP contribution >= 0.6 is 31.9 Å². The SMILES string of the molecule is COc1ccc(N2CC(C)NC(C)C2)cc1NS(=O)(=O)c1ccc(Br)cc1Br. The van der Waals surface area contributed by atoms with Crippen LogP contribution in [0, 0.1) is 0 Å². The van der Waals surface area contributed by atoms with E-state index in [-0.39, 0.29) is 4.90 Å². The van der Waals surface area contributed by atoms with E-state index in [4.69, 9.17) is 4.74 Å². The number of piperazine rings is 1. The Hall–Kier alpha value is -1.29. The molecule has 0 aliphatic carbocycles. The number of ether oxygens (including phenoxy) is 1. The number of anilines is 2. The highest BCUT2D eigenvalue weighted by Crippen LogP contribution is 2.34. The molecule has 2 N–H and O–H groups in total. The molecule has 0 bridgehead atoms. The van der Waals surface area contributed by atoms with E-state index < -0.39 is 10.0 Å². The number of nitrogens with one attached hydrogen (secondary N) is 2. The van der Waals surface area contributed by atoms with Gasteiger partial charge in [0.2, 0.25) is 0 Å². The molecule has 0 aromatic heterocycles. The Bertz CT molecular complexity index is 959. The number of benzene rings is 2. The van der Waals surface area contributed by atoms with Crippen molar-refractivity contribution in [1.82, 2.24) is 5.32 Å². The van der Waals surface area contributed by atoms with E-state index in [1.165, 1.54) is 7.11 Å². The maximum absolute atomic E-state index is 13.0. The van der Waals surface area contributed by atoms with Gasteiger partial charge in [-0.15, -0.1) is 0 Å². The smallest absolute Gasteiger partial charge is 0.263 e. The van der Waals surface area contributed by atoms with Crippen LogP contribution in [0.2, 0.25) is 0 Å². The second kappa shape index (κ2) is 8.61. The van der Waals surface area contributed by atoms with Crippen LogP contribution in [0.1, 0.15) is 13.8 Å². The largest absolute Gasteiger partial charge is 0.495 e. The Kier molecular flexibility index (Phi) is 6.58. The molecule has 9 heteroatoms. The number of halogens is 2. The second-order valence-corrected chi connectivity index (χ2v) is 10.4. The van der Waals surface area contributed by atoms with Crippen LogP contribution in [0.4, 0.5) is 11.4 Å². The molecule has 2 atom stereocenters. The van der Waals surface area contributed by atoms with Crippen LogP contribution in [0.25, 0.3) is 0 Å². The Balaban J connectivity index is 1.94. The van der Waals surface area contributed by atoms with Gasteiger partial charge in [-0.05, 0) is 66.2 Å². The third-order valence-corrected chi connectivity index (χ3v) is 7.37. The number of nitrogens with zero attached hydrogens (tertiary/aromatic N) is 1. The standard InChI is InChI=1S/C19H23Br2N3O3S/c1-12-10-24(11-13(2)22-12)15-5-6-18(27-3)17(9-15)23-28(25,26)19-7-4-14(20)8-16(19)21/h4-9,12-13,22-23H,10-11H2,1-3H3. The van der Waals surface area contributed by atoms with Crippen LogP contribution in [0.15, 0.2) is 50.2 Å². The molecule has 0 saturated carbocycles. The molecule has 28 heavy (non-hydrogen) atoms. The summed E-state index contributed by atoms with van der Waals surface area (Å²) >= 11 is 6.67. The van der Waals surface area contributed by atoms with E-state index >= 15 is 0 Å². The highest BCUT2D eigenvalue weighted by atomic mass is 79.9. The monoisotopic (exact) mass is 531 g/mol. The maximum Gasteiger partial charge on any atom is 0.263 e. The van der Waals surface area contributed by atoms with Gasteiger partial charge in [-0.2, -0.15) is 0 Å². The van der Waals surface area contributed by atoms with Crippen LogP contribution in [-0.2, 0) is 10.0 Å². The average molecular weight is 533 g/mol. The number of hydrogen-bond acceptors (Lipinski definition) is 5. The van der Waals surface area contributed by atoms with E-state index in [9.17, 15) is 8.42 Å². The molecule has 2 aromatic rings. The lowest BCUT2D eigenvalue weighted by atomic mass is 10.1. The predicted molar refractivity (Wildman–Crippen MR) is 120 cm³/mol. The minimum Gasteiger partial charge on any atom is -0.495 e. The molecular formula is C19H23Br2N3O3S. The number of methoxy groups -OCH3 is 1.